The molecule has 0 radical (unpaired) electrons. The van der Waals surface area contributed by atoms with Gasteiger partial charge < -0.3 is 38.6 Å². The van der Waals surface area contributed by atoms with E-state index >= 15 is 0 Å². The number of piperazine rings is 2. The predicted octanol–water partition coefficient (Wildman–Crippen LogP) is 5.70. The lowest BCUT2D eigenvalue weighted by atomic mass is 9.98. The van der Waals surface area contributed by atoms with Gasteiger partial charge in [-0.15, -0.1) is 0 Å². The first-order valence-corrected chi connectivity index (χ1v) is 29.5. The number of anilines is 1. The lowest BCUT2D eigenvalue weighted by Crippen LogP contribution is -2.52. The molecule has 4 aliphatic rings. The third-order valence-corrected chi connectivity index (χ3v) is 18.4. The van der Waals surface area contributed by atoms with Crippen molar-refractivity contribution >= 4 is 67.2 Å². The van der Waals surface area contributed by atoms with Gasteiger partial charge in [0.25, 0.3) is 22.0 Å². The van der Waals surface area contributed by atoms with Crippen molar-refractivity contribution < 1.29 is 51.7 Å². The molecule has 5 aromatic carbocycles. The van der Waals surface area contributed by atoms with Crippen LogP contribution in [-0.2, 0) is 57.8 Å². The maximum Gasteiger partial charge on any atom is 0.352 e. The average Bonchev–Trinajstić information content (AvgIpc) is 3.03. The van der Waals surface area contributed by atoms with Gasteiger partial charge in [-0.25, -0.2) is 4.79 Å². The fourth-order valence-corrected chi connectivity index (χ4v) is 13.2. The summed E-state index contributed by atoms with van der Waals surface area (Å²) in [7, 11) is 1.47. The molecule has 11 rings (SSSR count). The molecule has 0 bridgehead atoms. The van der Waals surface area contributed by atoms with Crippen LogP contribution in [0.25, 0.3) is 32.8 Å². The van der Waals surface area contributed by atoms with Crippen molar-refractivity contribution in [1.82, 2.24) is 43.0 Å². The highest BCUT2D eigenvalue weighted by atomic mass is 32.2. The number of rotatable bonds is 20. The van der Waals surface area contributed by atoms with Crippen molar-refractivity contribution in [2.75, 3.05) is 91.1 Å². The Hall–Kier alpha value is -8.31. The van der Waals surface area contributed by atoms with Crippen molar-refractivity contribution in [3.63, 3.8) is 0 Å². The first-order chi connectivity index (χ1) is 40.0. The van der Waals surface area contributed by atoms with Gasteiger partial charge in [-0.3, -0.25) is 34.1 Å². The van der Waals surface area contributed by atoms with Crippen molar-refractivity contribution in [2.24, 2.45) is 7.05 Å². The van der Waals surface area contributed by atoms with Crippen LogP contribution in [0.5, 0.6) is 17.2 Å². The summed E-state index contributed by atoms with van der Waals surface area (Å²) >= 11 is 0. The zero-order valence-electron chi connectivity index (χ0n) is 47.1. The number of aromatic carboxylic acids is 1. The number of fused-ring (bicyclic) bond motifs is 3. The Morgan fingerprint density at radius 3 is 2.23 bits per heavy atom. The van der Waals surface area contributed by atoms with E-state index in [9.17, 15) is 37.5 Å². The van der Waals surface area contributed by atoms with E-state index in [1.165, 1.54) is 13.5 Å². The van der Waals surface area contributed by atoms with Crippen molar-refractivity contribution in [2.45, 2.75) is 58.3 Å². The lowest BCUT2D eigenvalue weighted by molar-refractivity contribution is -0.137. The normalized spacial score (nSPS) is 17.2. The summed E-state index contributed by atoms with van der Waals surface area (Å²) in [6.45, 7) is 6.98. The van der Waals surface area contributed by atoms with Gasteiger partial charge in [0.1, 0.15) is 35.6 Å². The van der Waals surface area contributed by atoms with Gasteiger partial charge in [0, 0.05) is 132 Å². The SMILES string of the molecule is Cc1nn(C)c(COc2ccc(N3CCN(S(=O)(=O)N(C)C)CC3)cc2)c1-c1cccc2c(CCCOc3cccc4ccccc34)c(C(=O)O)n(CCN3CCN(C(=O)COc4cccc5c4CN(C4CCC(=O)NC4=O)C5=O)CC3)c12. The maximum atomic E-state index is 13.7. The predicted molar refractivity (Wildman–Crippen MR) is 312 cm³/mol. The number of amides is 4. The highest BCUT2D eigenvalue weighted by Gasteiger charge is 2.40. The lowest BCUT2D eigenvalue weighted by Gasteiger charge is -2.36. The fraction of sp³-hybridized carbons (Fsp3) is 0.377. The summed E-state index contributed by atoms with van der Waals surface area (Å²) in [6, 6.07) is 32.1. The highest BCUT2D eigenvalue weighted by Crippen LogP contribution is 2.40. The van der Waals surface area contributed by atoms with Crippen LogP contribution < -0.4 is 24.4 Å². The molecule has 21 nitrogen and oxygen atoms in total. The van der Waals surface area contributed by atoms with E-state index in [-0.39, 0.29) is 56.0 Å². The minimum atomic E-state index is -3.49. The molecule has 6 heterocycles. The highest BCUT2D eigenvalue weighted by molar-refractivity contribution is 7.86. The number of carboxylic acid groups (broad SMARTS) is 1. The number of ether oxygens (including phenoxy) is 3. The standard InChI is InChI=1S/C61H68N10O11S/c1-40-56(51(65(4)63-40)38-81-43-22-20-42(21-23-43)67-31-33-69(34-32-67)83(78,79)64(2)3)48-16-8-14-45-46(17-10-36-80-52-18-7-12-41-11-5-6-13-44(41)52)58(61(76)77)70(57(45)48)35-28-66-26-29-68(30-27-66)55(73)39-82-53-19-9-15-47-49(53)37-71(60(47)75)50-24-25-54(72)62-59(50)74/h5-9,11-16,18-23,50H,10,17,24-39H2,1-4H3,(H,76,77)(H,62,72,74). The molecular formula is C61H68N10O11S. The molecule has 3 saturated heterocycles. The largest absolute Gasteiger partial charge is 0.493 e. The number of hydrogen-bond acceptors (Lipinski definition) is 13. The zero-order chi connectivity index (χ0) is 58.1. The molecule has 22 heteroatoms. The van der Waals surface area contributed by atoms with Gasteiger partial charge in [0.2, 0.25) is 11.8 Å². The van der Waals surface area contributed by atoms with Crippen molar-refractivity contribution in [1.29, 1.82) is 0 Å². The van der Waals surface area contributed by atoms with Gasteiger partial charge in [0.15, 0.2) is 6.61 Å². The molecule has 4 amide bonds. The van der Waals surface area contributed by atoms with E-state index < -0.39 is 28.1 Å². The van der Waals surface area contributed by atoms with Gasteiger partial charge in [0.05, 0.1) is 30.1 Å². The second kappa shape index (κ2) is 23.9. The van der Waals surface area contributed by atoms with E-state index in [1.807, 2.05) is 108 Å². The molecule has 2 aromatic heterocycles. The fourth-order valence-electron chi connectivity index (χ4n) is 12.1. The Bertz CT molecular complexity index is 3750. The molecule has 434 valence electrons. The van der Waals surface area contributed by atoms with Gasteiger partial charge in [-0.2, -0.15) is 22.1 Å². The molecule has 1 atom stereocenters. The van der Waals surface area contributed by atoms with Crippen LogP contribution in [0.4, 0.5) is 5.69 Å². The molecule has 1 unspecified atom stereocenters. The number of carboxylic acids is 1. The molecule has 2 N–H and O–H groups in total. The molecule has 3 fully saturated rings. The second-order valence-corrected chi connectivity index (χ2v) is 23.7. The Balaban J connectivity index is 0.801. The van der Waals surface area contributed by atoms with Crippen LogP contribution in [-0.4, -0.2) is 173 Å². The molecule has 83 heavy (non-hydrogen) atoms. The minimum Gasteiger partial charge on any atom is -0.493 e. The van der Waals surface area contributed by atoms with Gasteiger partial charge in [-0.05, 0) is 79.6 Å². The first-order valence-electron chi connectivity index (χ1n) is 28.1. The number of benzene rings is 5. The number of aromatic nitrogens is 3. The van der Waals surface area contributed by atoms with Crippen LogP contribution in [0.1, 0.15) is 62.6 Å². The monoisotopic (exact) mass is 1150 g/mol. The summed E-state index contributed by atoms with van der Waals surface area (Å²) in [5.74, 6) is -0.655. The second-order valence-electron chi connectivity index (χ2n) is 21.6. The van der Waals surface area contributed by atoms with Crippen LogP contribution >= 0.6 is 0 Å². The van der Waals surface area contributed by atoms with E-state index in [0.717, 1.165) is 55.6 Å². The number of carbonyl (C=O) groups excluding carboxylic acids is 4. The topological polar surface area (TPSA) is 222 Å². The van der Waals surface area contributed by atoms with Crippen molar-refractivity contribution in [3.8, 4) is 28.4 Å². The summed E-state index contributed by atoms with van der Waals surface area (Å²) < 4.78 is 50.9. The smallest absolute Gasteiger partial charge is 0.352 e. The number of aryl methyl sites for hydroxylation is 3. The van der Waals surface area contributed by atoms with E-state index in [4.69, 9.17) is 19.3 Å². The van der Waals surface area contributed by atoms with Gasteiger partial charge >= 0.3 is 5.97 Å². The quantitative estimate of drug-likeness (QED) is 0.0691. The maximum absolute atomic E-state index is 13.7. The Morgan fingerprint density at radius 2 is 1.48 bits per heavy atom. The molecule has 0 aliphatic carbocycles. The molecular weight excluding hydrogens is 1080 g/mol. The number of nitrogens with one attached hydrogen (secondary N) is 1. The molecule has 0 spiro atoms. The van der Waals surface area contributed by atoms with Crippen LogP contribution in [0.3, 0.4) is 0 Å². The minimum absolute atomic E-state index is 0.123. The Labute approximate surface area is 481 Å². The summed E-state index contributed by atoms with van der Waals surface area (Å²) in [5, 5.41) is 21.3. The van der Waals surface area contributed by atoms with Crippen LogP contribution in [0, 0.1) is 6.92 Å². The third-order valence-electron chi connectivity index (χ3n) is 16.4. The van der Waals surface area contributed by atoms with E-state index in [0.29, 0.717) is 113 Å². The van der Waals surface area contributed by atoms with E-state index in [1.54, 1.807) is 37.2 Å². The molecule has 7 aromatic rings. The number of para-hydroxylation sites is 1. The zero-order valence-corrected chi connectivity index (χ0v) is 47.9. The average molecular weight is 1150 g/mol. The van der Waals surface area contributed by atoms with E-state index in [2.05, 4.69) is 15.1 Å². The number of carbonyl (C=O) groups is 5. The number of hydrogen-bond donors (Lipinski definition) is 2. The Morgan fingerprint density at radius 1 is 0.783 bits per heavy atom. The Kier molecular flexibility index (Phi) is 16.3. The summed E-state index contributed by atoms with van der Waals surface area (Å²) in [4.78, 5) is 72.9. The summed E-state index contributed by atoms with van der Waals surface area (Å²) in [5.41, 5.74) is 6.87. The number of imide groups is 1. The van der Waals surface area contributed by atoms with Gasteiger partial charge in [-0.1, -0.05) is 60.7 Å². The van der Waals surface area contributed by atoms with Crippen LogP contribution in [0.15, 0.2) is 103 Å². The summed E-state index contributed by atoms with van der Waals surface area (Å²) in [6.07, 6.45) is 1.36. The van der Waals surface area contributed by atoms with Crippen molar-refractivity contribution in [3.05, 3.63) is 137 Å². The molecule has 0 saturated carbocycles. The number of nitrogens with zero attached hydrogens (tertiary/aromatic N) is 9. The third kappa shape index (κ3) is 11.5. The van der Waals surface area contributed by atoms with Crippen LogP contribution in [0.2, 0.25) is 0 Å². The molecule has 4 aliphatic heterocycles. The first kappa shape index (κ1) is 56.5. The number of piperidine rings is 1.